The molecule has 0 N–H and O–H groups in total. The van der Waals surface area contributed by atoms with Gasteiger partial charge in [0.15, 0.2) is 0 Å². The largest absolute Gasteiger partial charge is 0.463 e. The van der Waals surface area contributed by atoms with Gasteiger partial charge in [0.05, 0.1) is 159 Å². The van der Waals surface area contributed by atoms with Crippen LogP contribution < -0.4 is 0 Å². The van der Waals surface area contributed by atoms with Crippen molar-refractivity contribution in [3.8, 4) is 0 Å². The first-order valence-electron chi connectivity index (χ1n) is 19.0. The molecule has 14 nitrogen and oxygen atoms in total. The number of esters is 1. The Morgan fingerprint density at radius 2 is 0.692 bits per heavy atom. The molecule has 0 aliphatic rings. The summed E-state index contributed by atoms with van der Waals surface area (Å²) in [5.74, 6) is -0.153. The maximum absolute atomic E-state index is 11.6. The second-order valence-corrected chi connectivity index (χ2v) is 11.3. The minimum absolute atomic E-state index is 0.153. The van der Waals surface area contributed by atoms with Gasteiger partial charge in [-0.15, -0.1) is 0 Å². The molecule has 1 aromatic rings. The average molecular weight is 749 g/mol. The Hall–Kier alpha value is -1.79. The number of carbonyl (C=O) groups excluding carboxylic acids is 1. The van der Waals surface area contributed by atoms with Gasteiger partial charge in [-0.1, -0.05) is 56.5 Å². The van der Waals surface area contributed by atoms with Crippen LogP contribution >= 0.6 is 0 Å². The van der Waals surface area contributed by atoms with Crippen LogP contribution in [0.1, 0.15) is 44.6 Å². The van der Waals surface area contributed by atoms with Crippen molar-refractivity contribution < 1.29 is 66.4 Å². The quantitative estimate of drug-likeness (QED) is 0.0706. The molecule has 0 unspecified atom stereocenters. The fraction of sp³-hybridized carbons (Fsp3) is 0.816. The van der Waals surface area contributed by atoms with Crippen LogP contribution in [0.25, 0.3) is 0 Å². The number of hydrogen-bond donors (Lipinski definition) is 0. The Labute approximate surface area is 312 Å². The molecular weight excluding hydrogens is 680 g/mol. The molecule has 304 valence electrons. The number of carbonyl (C=O) groups is 1. The summed E-state index contributed by atoms with van der Waals surface area (Å²) in [4.78, 5) is 11.6. The van der Waals surface area contributed by atoms with E-state index < -0.39 is 0 Å². The maximum atomic E-state index is 11.6. The zero-order valence-electron chi connectivity index (χ0n) is 31.8. The zero-order chi connectivity index (χ0) is 37.1. The van der Waals surface area contributed by atoms with Crippen molar-refractivity contribution in [3.05, 3.63) is 35.9 Å². The molecule has 0 heterocycles. The topological polar surface area (TPSA) is 137 Å². The van der Waals surface area contributed by atoms with Crippen molar-refractivity contribution in [2.24, 2.45) is 0 Å². The normalized spacial score (nSPS) is 11.4. The highest BCUT2D eigenvalue weighted by Gasteiger charge is 2.02. The van der Waals surface area contributed by atoms with Gasteiger partial charge in [0.1, 0.15) is 6.61 Å². The van der Waals surface area contributed by atoms with Crippen LogP contribution in [0.3, 0.4) is 0 Å². The molecule has 0 amide bonds. The van der Waals surface area contributed by atoms with E-state index in [1.54, 1.807) is 0 Å². The third kappa shape index (κ3) is 38.0. The molecule has 0 bridgehead atoms. The lowest BCUT2D eigenvalue weighted by molar-refractivity contribution is -0.145. The van der Waals surface area contributed by atoms with Crippen LogP contribution in [-0.4, -0.2) is 165 Å². The van der Waals surface area contributed by atoms with E-state index >= 15 is 0 Å². The summed E-state index contributed by atoms with van der Waals surface area (Å²) in [7, 11) is 0. The molecule has 0 aliphatic heterocycles. The minimum Gasteiger partial charge on any atom is -0.463 e. The summed E-state index contributed by atoms with van der Waals surface area (Å²) in [6.45, 7) is 14.5. The van der Waals surface area contributed by atoms with E-state index in [0.29, 0.717) is 165 Å². The van der Waals surface area contributed by atoms with E-state index in [9.17, 15) is 4.79 Å². The van der Waals surface area contributed by atoms with Crippen LogP contribution in [-0.2, 0) is 73.0 Å². The van der Waals surface area contributed by atoms with E-state index in [-0.39, 0.29) is 12.6 Å². The predicted molar refractivity (Wildman–Crippen MR) is 195 cm³/mol. The first-order chi connectivity index (χ1) is 25.8. The van der Waals surface area contributed by atoms with E-state index in [0.717, 1.165) is 31.2 Å². The fourth-order valence-corrected chi connectivity index (χ4v) is 4.17. The van der Waals surface area contributed by atoms with E-state index in [2.05, 4.69) is 6.92 Å². The molecule has 0 atom stereocenters. The molecule has 0 aromatic heterocycles. The summed E-state index contributed by atoms with van der Waals surface area (Å²) in [6.07, 6.45) is 4.75. The van der Waals surface area contributed by atoms with Gasteiger partial charge in [-0.3, -0.25) is 4.79 Å². The van der Waals surface area contributed by atoms with Gasteiger partial charge in [0, 0.05) is 6.42 Å². The van der Waals surface area contributed by atoms with Crippen molar-refractivity contribution in [1.82, 2.24) is 0 Å². The summed E-state index contributed by atoms with van der Waals surface area (Å²) in [5, 5.41) is 0. The molecule has 0 fully saturated rings. The molecule has 0 spiro atoms. The van der Waals surface area contributed by atoms with Gasteiger partial charge in [0.25, 0.3) is 0 Å². The van der Waals surface area contributed by atoms with Crippen molar-refractivity contribution >= 4 is 5.97 Å². The number of ether oxygens (including phenoxy) is 13. The van der Waals surface area contributed by atoms with Gasteiger partial charge in [-0.2, -0.15) is 0 Å². The number of benzene rings is 1. The SMILES string of the molecule is CCCCCCC(=O)OCCOCCOCCOCCOCCOCCOCCOCCOCCOCCOCCOCCOCc1ccccc1. The Morgan fingerprint density at radius 1 is 0.385 bits per heavy atom. The number of unbranched alkanes of at least 4 members (excludes halogenated alkanes) is 3. The molecular formula is C38H68O14. The van der Waals surface area contributed by atoms with E-state index in [1.807, 2.05) is 30.3 Å². The Bertz CT molecular complexity index is 835. The zero-order valence-corrected chi connectivity index (χ0v) is 31.8. The standard InChI is InChI=1S/C38H68O14/c1-2-3-4-8-11-38(39)52-35-34-50-31-30-48-27-26-46-23-22-44-19-18-42-15-14-40-12-13-41-16-17-43-20-21-45-24-25-47-28-29-49-32-33-51-36-37-9-6-5-7-10-37/h5-7,9-10H,2-4,8,11-36H2,1H3. The lowest BCUT2D eigenvalue weighted by atomic mass is 10.2. The third-order valence-electron chi connectivity index (χ3n) is 6.93. The van der Waals surface area contributed by atoms with Crippen LogP contribution in [0.4, 0.5) is 0 Å². The number of rotatable bonds is 43. The first kappa shape index (κ1) is 48.2. The van der Waals surface area contributed by atoms with Crippen molar-refractivity contribution in [2.45, 2.75) is 45.6 Å². The van der Waals surface area contributed by atoms with E-state index in [1.165, 1.54) is 0 Å². The van der Waals surface area contributed by atoms with Crippen LogP contribution in [0.5, 0.6) is 0 Å². The first-order valence-corrected chi connectivity index (χ1v) is 19.0. The van der Waals surface area contributed by atoms with Crippen molar-refractivity contribution in [3.63, 3.8) is 0 Å². The lowest BCUT2D eigenvalue weighted by Crippen LogP contribution is -2.15. The Balaban J connectivity index is 1.62. The van der Waals surface area contributed by atoms with Crippen molar-refractivity contribution in [1.29, 1.82) is 0 Å². The highest BCUT2D eigenvalue weighted by atomic mass is 16.6. The van der Waals surface area contributed by atoms with Gasteiger partial charge in [0.2, 0.25) is 0 Å². The lowest BCUT2D eigenvalue weighted by Gasteiger charge is -2.09. The predicted octanol–water partition coefficient (Wildman–Crippen LogP) is 3.90. The van der Waals surface area contributed by atoms with Crippen LogP contribution in [0, 0.1) is 0 Å². The molecule has 14 heteroatoms. The highest BCUT2D eigenvalue weighted by molar-refractivity contribution is 5.69. The van der Waals surface area contributed by atoms with Crippen LogP contribution in [0.2, 0.25) is 0 Å². The third-order valence-corrected chi connectivity index (χ3v) is 6.93. The summed E-state index contributed by atoms with van der Waals surface area (Å²) in [5.41, 5.74) is 1.16. The molecule has 52 heavy (non-hydrogen) atoms. The summed E-state index contributed by atoms with van der Waals surface area (Å²) >= 11 is 0. The second-order valence-electron chi connectivity index (χ2n) is 11.3. The van der Waals surface area contributed by atoms with Gasteiger partial charge < -0.3 is 61.6 Å². The average Bonchev–Trinajstić information content (AvgIpc) is 3.16. The Morgan fingerprint density at radius 3 is 1.02 bits per heavy atom. The molecule has 1 rings (SSSR count). The highest BCUT2D eigenvalue weighted by Crippen LogP contribution is 2.03. The summed E-state index contributed by atoms with van der Waals surface area (Å²) in [6, 6.07) is 10.1. The van der Waals surface area contributed by atoms with Crippen molar-refractivity contribution in [2.75, 3.05) is 159 Å². The monoisotopic (exact) mass is 748 g/mol. The minimum atomic E-state index is -0.153. The number of hydrogen-bond acceptors (Lipinski definition) is 14. The van der Waals surface area contributed by atoms with Gasteiger partial charge in [-0.05, 0) is 12.0 Å². The molecule has 1 aromatic carbocycles. The molecule has 0 saturated carbocycles. The molecule has 0 radical (unpaired) electrons. The summed E-state index contributed by atoms with van der Waals surface area (Å²) < 4.78 is 71.0. The van der Waals surface area contributed by atoms with Gasteiger partial charge >= 0.3 is 5.97 Å². The smallest absolute Gasteiger partial charge is 0.305 e. The van der Waals surface area contributed by atoms with Crippen LogP contribution in [0.15, 0.2) is 30.3 Å². The fourth-order valence-electron chi connectivity index (χ4n) is 4.17. The molecule has 0 aliphatic carbocycles. The van der Waals surface area contributed by atoms with Gasteiger partial charge in [-0.25, -0.2) is 0 Å². The Kier molecular flexibility index (Phi) is 38.9. The van der Waals surface area contributed by atoms with E-state index in [4.69, 9.17) is 61.6 Å². The molecule has 0 saturated heterocycles. The maximum Gasteiger partial charge on any atom is 0.305 e. The second kappa shape index (κ2) is 42.0.